The summed E-state index contributed by atoms with van der Waals surface area (Å²) in [6, 6.07) is 0. The molecule has 0 fully saturated rings. The van der Waals surface area contributed by atoms with Gasteiger partial charge in [-0.05, 0) is 32.1 Å². The molecule has 0 bridgehead atoms. The molecule has 0 aromatic heterocycles. The first-order valence-electron chi connectivity index (χ1n) is 11.3. The van der Waals surface area contributed by atoms with Crippen molar-refractivity contribution in [2.24, 2.45) is 0 Å². The minimum atomic E-state index is 0.306. The van der Waals surface area contributed by atoms with Gasteiger partial charge in [0.05, 0.1) is 0 Å². The molecule has 2 N–H and O–H groups in total. The molecule has 4 nitrogen and oxygen atoms in total. The number of hydrogen-bond acceptors (Lipinski definition) is 3. The lowest BCUT2D eigenvalue weighted by Gasteiger charge is -2.23. The van der Waals surface area contributed by atoms with Crippen LogP contribution in [0, 0.1) is 0 Å². The fraction of sp³-hybridized carbons (Fsp3) is 0.955. The van der Waals surface area contributed by atoms with Crippen LogP contribution in [-0.4, -0.2) is 47.3 Å². The van der Waals surface area contributed by atoms with Crippen LogP contribution in [0.4, 0.5) is 0 Å². The maximum Gasteiger partial charge on any atom is 0.222 e. The quantitative estimate of drug-likeness (QED) is 0.294. The SMILES string of the molecule is CCCCCC(=O)N(CCCCCCCCO)CCCCCCCCO. The highest BCUT2D eigenvalue weighted by Gasteiger charge is 2.12. The number of carbonyl (C=O) groups is 1. The number of nitrogens with zero attached hydrogens (tertiary/aromatic N) is 1. The molecule has 0 atom stereocenters. The number of rotatable bonds is 20. The monoisotopic (exact) mass is 371 g/mol. The van der Waals surface area contributed by atoms with Crippen LogP contribution in [0.15, 0.2) is 0 Å². The third-order valence-electron chi connectivity index (χ3n) is 5.02. The minimum Gasteiger partial charge on any atom is -0.396 e. The van der Waals surface area contributed by atoms with Crippen LogP contribution in [0.2, 0.25) is 0 Å². The van der Waals surface area contributed by atoms with Gasteiger partial charge in [-0.1, -0.05) is 71.1 Å². The molecular formula is C22H45NO3. The summed E-state index contributed by atoms with van der Waals surface area (Å²) in [4.78, 5) is 14.6. The van der Waals surface area contributed by atoms with Crippen molar-refractivity contribution in [3.8, 4) is 0 Å². The molecule has 0 unspecified atom stereocenters. The summed E-state index contributed by atoms with van der Waals surface area (Å²) < 4.78 is 0. The van der Waals surface area contributed by atoms with E-state index in [1.807, 2.05) is 0 Å². The van der Waals surface area contributed by atoms with Gasteiger partial charge < -0.3 is 15.1 Å². The highest BCUT2D eigenvalue weighted by Crippen LogP contribution is 2.11. The van der Waals surface area contributed by atoms with Gasteiger partial charge in [0, 0.05) is 32.7 Å². The number of unbranched alkanes of at least 4 members (excludes halogenated alkanes) is 12. The average molecular weight is 372 g/mol. The Balaban J connectivity index is 3.95. The normalized spacial score (nSPS) is 11.0. The highest BCUT2D eigenvalue weighted by atomic mass is 16.3. The third-order valence-corrected chi connectivity index (χ3v) is 5.02. The van der Waals surface area contributed by atoms with Crippen LogP contribution >= 0.6 is 0 Å². The second kappa shape index (κ2) is 20.7. The molecule has 1 amide bonds. The van der Waals surface area contributed by atoms with E-state index in [2.05, 4.69) is 11.8 Å². The first-order valence-corrected chi connectivity index (χ1v) is 11.3. The van der Waals surface area contributed by atoms with Crippen molar-refractivity contribution in [2.75, 3.05) is 26.3 Å². The van der Waals surface area contributed by atoms with E-state index in [0.717, 1.165) is 70.9 Å². The number of amides is 1. The highest BCUT2D eigenvalue weighted by molar-refractivity contribution is 5.76. The van der Waals surface area contributed by atoms with Gasteiger partial charge in [0.1, 0.15) is 0 Å². The van der Waals surface area contributed by atoms with E-state index in [1.54, 1.807) is 0 Å². The lowest BCUT2D eigenvalue weighted by Crippen LogP contribution is -2.32. The van der Waals surface area contributed by atoms with Crippen LogP contribution < -0.4 is 0 Å². The molecule has 0 saturated heterocycles. The molecule has 156 valence electrons. The largest absolute Gasteiger partial charge is 0.396 e. The molecule has 0 rings (SSSR count). The van der Waals surface area contributed by atoms with Crippen LogP contribution in [0.5, 0.6) is 0 Å². The second-order valence-corrected chi connectivity index (χ2v) is 7.53. The summed E-state index contributed by atoms with van der Waals surface area (Å²) in [6.07, 6.45) is 17.5. The molecule has 0 aromatic rings. The van der Waals surface area contributed by atoms with Crippen molar-refractivity contribution in [1.29, 1.82) is 0 Å². The molecule has 0 radical (unpaired) electrons. The Labute approximate surface area is 162 Å². The van der Waals surface area contributed by atoms with Crippen LogP contribution in [0.25, 0.3) is 0 Å². The van der Waals surface area contributed by atoms with E-state index in [0.29, 0.717) is 25.5 Å². The smallest absolute Gasteiger partial charge is 0.222 e. The van der Waals surface area contributed by atoms with Crippen molar-refractivity contribution in [1.82, 2.24) is 4.90 Å². The van der Waals surface area contributed by atoms with Crippen LogP contribution in [-0.2, 0) is 4.79 Å². The molecule has 0 aromatic carbocycles. The first kappa shape index (κ1) is 25.4. The number of aliphatic hydroxyl groups is 2. The van der Waals surface area contributed by atoms with Crippen molar-refractivity contribution >= 4 is 5.91 Å². The van der Waals surface area contributed by atoms with E-state index < -0.39 is 0 Å². The molecule has 0 aliphatic rings. The molecular weight excluding hydrogens is 326 g/mol. The Morgan fingerprint density at radius 2 is 1.04 bits per heavy atom. The summed E-state index contributed by atoms with van der Waals surface area (Å²) in [6.45, 7) is 4.61. The summed E-state index contributed by atoms with van der Waals surface area (Å²) in [5.41, 5.74) is 0. The van der Waals surface area contributed by atoms with Gasteiger partial charge in [-0.3, -0.25) is 4.79 Å². The van der Waals surface area contributed by atoms with Gasteiger partial charge in [-0.15, -0.1) is 0 Å². The molecule has 0 saturated carbocycles. The Kier molecular flexibility index (Phi) is 20.2. The Hall–Kier alpha value is -0.610. The molecule has 26 heavy (non-hydrogen) atoms. The predicted octanol–water partition coefficient (Wildman–Crippen LogP) is 5.06. The molecule has 0 aliphatic carbocycles. The van der Waals surface area contributed by atoms with Crippen molar-refractivity contribution in [3.63, 3.8) is 0 Å². The topological polar surface area (TPSA) is 60.8 Å². The standard InChI is InChI=1S/C22H45NO3/c1-2-3-12-17-22(26)23(18-13-8-4-6-10-15-20-24)19-14-9-5-7-11-16-21-25/h24-25H,2-21H2,1H3. The van der Waals surface area contributed by atoms with Crippen LogP contribution in [0.1, 0.15) is 110 Å². The van der Waals surface area contributed by atoms with E-state index in [-0.39, 0.29) is 0 Å². The first-order chi connectivity index (χ1) is 12.8. The van der Waals surface area contributed by atoms with E-state index >= 15 is 0 Å². The van der Waals surface area contributed by atoms with E-state index in [9.17, 15) is 4.79 Å². The van der Waals surface area contributed by atoms with Gasteiger partial charge in [0.25, 0.3) is 0 Å². The van der Waals surface area contributed by atoms with Gasteiger partial charge >= 0.3 is 0 Å². The maximum absolute atomic E-state index is 12.5. The van der Waals surface area contributed by atoms with Crippen molar-refractivity contribution in [3.05, 3.63) is 0 Å². The summed E-state index contributed by atoms with van der Waals surface area (Å²) >= 11 is 0. The van der Waals surface area contributed by atoms with Gasteiger partial charge in [0.2, 0.25) is 5.91 Å². The zero-order chi connectivity index (χ0) is 19.3. The van der Waals surface area contributed by atoms with Crippen molar-refractivity contribution < 1.29 is 15.0 Å². The Morgan fingerprint density at radius 1 is 0.615 bits per heavy atom. The lowest BCUT2D eigenvalue weighted by atomic mass is 10.1. The van der Waals surface area contributed by atoms with Gasteiger partial charge in [-0.2, -0.15) is 0 Å². The molecule has 0 aliphatic heterocycles. The van der Waals surface area contributed by atoms with Gasteiger partial charge in [0.15, 0.2) is 0 Å². The zero-order valence-electron chi connectivity index (χ0n) is 17.4. The molecule has 0 heterocycles. The maximum atomic E-state index is 12.5. The summed E-state index contributed by atoms with van der Waals surface area (Å²) in [7, 11) is 0. The Bertz CT molecular complexity index is 279. The number of carbonyl (C=O) groups excluding carboxylic acids is 1. The van der Waals surface area contributed by atoms with E-state index in [4.69, 9.17) is 10.2 Å². The number of hydrogen-bond donors (Lipinski definition) is 2. The average Bonchev–Trinajstić information content (AvgIpc) is 2.65. The number of aliphatic hydroxyl groups excluding tert-OH is 2. The predicted molar refractivity (Wildman–Crippen MR) is 110 cm³/mol. The summed E-state index contributed by atoms with van der Waals surface area (Å²) in [5.74, 6) is 0.346. The fourth-order valence-corrected chi connectivity index (χ4v) is 3.29. The minimum absolute atomic E-state index is 0.306. The summed E-state index contributed by atoms with van der Waals surface area (Å²) in [5, 5.41) is 17.6. The fourth-order valence-electron chi connectivity index (χ4n) is 3.29. The van der Waals surface area contributed by atoms with Crippen molar-refractivity contribution in [2.45, 2.75) is 110 Å². The zero-order valence-corrected chi connectivity index (χ0v) is 17.4. The molecule has 4 heteroatoms. The van der Waals surface area contributed by atoms with Crippen LogP contribution in [0.3, 0.4) is 0 Å². The van der Waals surface area contributed by atoms with E-state index in [1.165, 1.54) is 38.5 Å². The van der Waals surface area contributed by atoms with Gasteiger partial charge in [-0.25, -0.2) is 0 Å². The molecule has 0 spiro atoms. The third kappa shape index (κ3) is 16.8. The lowest BCUT2D eigenvalue weighted by molar-refractivity contribution is -0.131. The Morgan fingerprint density at radius 3 is 1.46 bits per heavy atom. The second-order valence-electron chi connectivity index (χ2n) is 7.53.